The van der Waals surface area contributed by atoms with E-state index in [1.165, 1.54) is 0 Å². The molecule has 8 heteroatoms. The van der Waals surface area contributed by atoms with E-state index in [4.69, 9.17) is 4.74 Å². The molecule has 2 unspecified atom stereocenters. The molecule has 0 aromatic rings. The van der Waals surface area contributed by atoms with Gasteiger partial charge in [-0.15, -0.1) is 0 Å². The SMILES string of the molecule is O=C(COC(=O)C1CCCC1)NC(=O)C1CCCC([N+](=O)[O-])C1. The summed E-state index contributed by atoms with van der Waals surface area (Å²) in [7, 11) is 0. The normalized spacial score (nSPS) is 24.9. The number of nitro groups is 1. The van der Waals surface area contributed by atoms with Gasteiger partial charge >= 0.3 is 5.97 Å². The van der Waals surface area contributed by atoms with Gasteiger partial charge in [-0.2, -0.15) is 0 Å². The number of ether oxygens (including phenoxy) is 1. The highest BCUT2D eigenvalue weighted by Crippen LogP contribution is 2.26. The van der Waals surface area contributed by atoms with E-state index < -0.39 is 36.4 Å². The summed E-state index contributed by atoms with van der Waals surface area (Å²) in [5, 5.41) is 13.0. The Balaban J connectivity index is 1.72. The topological polar surface area (TPSA) is 116 Å². The van der Waals surface area contributed by atoms with Crippen LogP contribution in [0.15, 0.2) is 0 Å². The van der Waals surface area contributed by atoms with Crippen LogP contribution in [0.2, 0.25) is 0 Å². The Kier molecular flexibility index (Phi) is 6.06. The predicted octanol–water partition coefficient (Wildman–Crippen LogP) is 1.20. The van der Waals surface area contributed by atoms with Crippen LogP contribution in [0.5, 0.6) is 0 Å². The van der Waals surface area contributed by atoms with Crippen LogP contribution in [0.25, 0.3) is 0 Å². The molecule has 128 valence electrons. The molecule has 0 saturated heterocycles. The van der Waals surface area contributed by atoms with Crippen LogP contribution in [-0.4, -0.2) is 35.4 Å². The summed E-state index contributed by atoms with van der Waals surface area (Å²) < 4.78 is 4.92. The van der Waals surface area contributed by atoms with Crippen LogP contribution < -0.4 is 5.32 Å². The number of hydrogen-bond acceptors (Lipinski definition) is 6. The third-order valence-corrected chi connectivity index (χ3v) is 4.61. The highest BCUT2D eigenvalue weighted by atomic mass is 16.6. The predicted molar refractivity (Wildman–Crippen MR) is 78.8 cm³/mol. The third kappa shape index (κ3) is 5.01. The number of carbonyl (C=O) groups is 3. The molecule has 8 nitrogen and oxygen atoms in total. The van der Waals surface area contributed by atoms with Crippen molar-refractivity contribution >= 4 is 17.8 Å². The lowest BCUT2D eigenvalue weighted by Crippen LogP contribution is -2.41. The van der Waals surface area contributed by atoms with Gasteiger partial charge in [-0.3, -0.25) is 29.8 Å². The number of rotatable bonds is 5. The summed E-state index contributed by atoms with van der Waals surface area (Å²) in [6.45, 7) is -0.480. The Bertz CT molecular complexity index is 486. The average molecular weight is 326 g/mol. The number of nitrogens with one attached hydrogen (secondary N) is 1. The lowest BCUT2D eigenvalue weighted by atomic mass is 9.85. The minimum atomic E-state index is -0.727. The zero-order valence-corrected chi connectivity index (χ0v) is 13.0. The molecule has 2 aliphatic carbocycles. The van der Waals surface area contributed by atoms with Gasteiger partial charge in [0.15, 0.2) is 6.61 Å². The summed E-state index contributed by atoms with van der Waals surface area (Å²) in [6, 6.07) is -0.727. The number of hydrogen-bond donors (Lipinski definition) is 1. The largest absolute Gasteiger partial charge is 0.455 e. The van der Waals surface area contributed by atoms with Crippen molar-refractivity contribution in [3.63, 3.8) is 0 Å². The fourth-order valence-electron chi connectivity index (χ4n) is 3.29. The smallest absolute Gasteiger partial charge is 0.309 e. The first-order valence-corrected chi connectivity index (χ1v) is 8.11. The van der Waals surface area contributed by atoms with Crippen molar-refractivity contribution < 1.29 is 24.0 Å². The van der Waals surface area contributed by atoms with Crippen molar-refractivity contribution in [3.05, 3.63) is 10.1 Å². The first kappa shape index (κ1) is 17.4. The van der Waals surface area contributed by atoms with Crippen molar-refractivity contribution in [1.82, 2.24) is 5.32 Å². The maximum atomic E-state index is 12.0. The molecule has 23 heavy (non-hydrogen) atoms. The zero-order valence-electron chi connectivity index (χ0n) is 13.0. The molecule has 2 amide bonds. The van der Waals surface area contributed by atoms with Crippen LogP contribution in [0.4, 0.5) is 0 Å². The standard InChI is InChI=1S/C15H22N2O6/c18-13(9-23-15(20)10-4-1-2-5-10)16-14(19)11-6-3-7-12(8-11)17(21)22/h10-12H,1-9H2,(H,16,18,19). The molecule has 0 bridgehead atoms. The fourth-order valence-corrected chi connectivity index (χ4v) is 3.29. The Morgan fingerprint density at radius 1 is 1.04 bits per heavy atom. The third-order valence-electron chi connectivity index (χ3n) is 4.61. The highest BCUT2D eigenvalue weighted by molar-refractivity contribution is 5.97. The molecule has 2 rings (SSSR count). The number of carbonyl (C=O) groups excluding carboxylic acids is 3. The van der Waals surface area contributed by atoms with Gasteiger partial charge in [0.25, 0.3) is 5.91 Å². The molecular weight excluding hydrogens is 304 g/mol. The lowest BCUT2D eigenvalue weighted by Gasteiger charge is -2.23. The zero-order chi connectivity index (χ0) is 16.8. The van der Waals surface area contributed by atoms with Crippen molar-refractivity contribution in [3.8, 4) is 0 Å². The molecule has 0 heterocycles. The Morgan fingerprint density at radius 3 is 2.35 bits per heavy atom. The van der Waals surface area contributed by atoms with Gasteiger partial charge in [0, 0.05) is 23.7 Å². The Hall–Kier alpha value is -1.99. The first-order valence-electron chi connectivity index (χ1n) is 8.11. The van der Waals surface area contributed by atoms with Gasteiger partial charge in [-0.05, 0) is 25.7 Å². The molecule has 2 aliphatic rings. The Morgan fingerprint density at radius 2 is 1.70 bits per heavy atom. The maximum absolute atomic E-state index is 12.0. The van der Waals surface area contributed by atoms with Crippen molar-refractivity contribution in [2.24, 2.45) is 11.8 Å². The van der Waals surface area contributed by atoms with E-state index in [-0.39, 0.29) is 17.3 Å². The molecule has 0 aromatic carbocycles. The molecule has 1 N–H and O–H groups in total. The second kappa shape index (κ2) is 8.03. The number of esters is 1. The van der Waals surface area contributed by atoms with Gasteiger partial charge in [0.05, 0.1) is 5.92 Å². The molecule has 0 aromatic heterocycles. The summed E-state index contributed by atoms with van der Waals surface area (Å²) >= 11 is 0. The van der Waals surface area contributed by atoms with Crippen LogP contribution in [0.3, 0.4) is 0 Å². The van der Waals surface area contributed by atoms with E-state index in [0.717, 1.165) is 25.7 Å². The number of amides is 2. The molecule has 0 spiro atoms. The van der Waals surface area contributed by atoms with Crippen molar-refractivity contribution in [2.75, 3.05) is 6.61 Å². The highest BCUT2D eigenvalue weighted by Gasteiger charge is 2.34. The summed E-state index contributed by atoms with van der Waals surface area (Å²) in [4.78, 5) is 45.8. The second-order valence-electron chi connectivity index (χ2n) is 6.30. The summed E-state index contributed by atoms with van der Waals surface area (Å²) in [5.41, 5.74) is 0. The van der Waals surface area contributed by atoms with Crippen molar-refractivity contribution in [1.29, 1.82) is 0 Å². The monoisotopic (exact) mass is 326 g/mol. The maximum Gasteiger partial charge on any atom is 0.309 e. The average Bonchev–Trinajstić information content (AvgIpc) is 3.07. The van der Waals surface area contributed by atoms with E-state index in [0.29, 0.717) is 19.3 Å². The summed E-state index contributed by atoms with van der Waals surface area (Å²) in [6.07, 6.45) is 5.28. The van der Waals surface area contributed by atoms with Gasteiger partial charge in [-0.25, -0.2) is 0 Å². The lowest BCUT2D eigenvalue weighted by molar-refractivity contribution is -0.527. The molecule has 2 saturated carbocycles. The Labute approximate surface area is 134 Å². The number of imide groups is 1. The van der Waals surface area contributed by atoms with Gasteiger partial charge in [0.1, 0.15) is 0 Å². The second-order valence-corrected chi connectivity index (χ2v) is 6.30. The summed E-state index contributed by atoms with van der Waals surface area (Å²) in [5.74, 6) is -2.26. The van der Waals surface area contributed by atoms with E-state index >= 15 is 0 Å². The van der Waals surface area contributed by atoms with E-state index in [1.54, 1.807) is 0 Å². The first-order chi connectivity index (χ1) is 11.0. The number of nitrogens with zero attached hydrogens (tertiary/aromatic N) is 1. The minimum absolute atomic E-state index is 0.141. The molecule has 0 radical (unpaired) electrons. The molecule has 2 fully saturated rings. The van der Waals surface area contributed by atoms with Gasteiger partial charge in [0.2, 0.25) is 11.9 Å². The van der Waals surface area contributed by atoms with Crippen LogP contribution in [0.1, 0.15) is 51.4 Å². The van der Waals surface area contributed by atoms with Crippen LogP contribution in [-0.2, 0) is 19.1 Å². The molecule has 2 atom stereocenters. The van der Waals surface area contributed by atoms with Gasteiger partial charge in [-0.1, -0.05) is 12.8 Å². The van der Waals surface area contributed by atoms with Crippen molar-refractivity contribution in [2.45, 2.75) is 57.4 Å². The van der Waals surface area contributed by atoms with Crippen LogP contribution >= 0.6 is 0 Å². The fraction of sp³-hybridized carbons (Fsp3) is 0.800. The molecular formula is C15H22N2O6. The van der Waals surface area contributed by atoms with E-state index in [9.17, 15) is 24.5 Å². The quantitative estimate of drug-likeness (QED) is 0.461. The van der Waals surface area contributed by atoms with E-state index in [1.807, 2.05) is 0 Å². The van der Waals surface area contributed by atoms with Crippen LogP contribution in [0, 0.1) is 22.0 Å². The van der Waals surface area contributed by atoms with E-state index in [2.05, 4.69) is 5.32 Å². The minimum Gasteiger partial charge on any atom is -0.455 e. The van der Waals surface area contributed by atoms with Gasteiger partial charge < -0.3 is 4.74 Å². The molecule has 0 aliphatic heterocycles.